The van der Waals surface area contributed by atoms with Gasteiger partial charge in [-0.1, -0.05) is 12.1 Å². The fraction of sp³-hybridized carbons (Fsp3) is 0.417. The number of hydrogen-bond donors (Lipinski definition) is 1. The zero-order chi connectivity index (χ0) is 11.3. The van der Waals surface area contributed by atoms with Gasteiger partial charge in [0.2, 0.25) is 0 Å². The van der Waals surface area contributed by atoms with Crippen LogP contribution in [0.2, 0.25) is 0 Å². The minimum absolute atomic E-state index is 0.273. The summed E-state index contributed by atoms with van der Waals surface area (Å²) >= 11 is 0. The number of nitriles is 1. The molecule has 0 spiro atoms. The van der Waals surface area contributed by atoms with E-state index in [0.29, 0.717) is 12.6 Å². The van der Waals surface area contributed by atoms with Crippen molar-refractivity contribution in [2.45, 2.75) is 26.4 Å². The lowest BCUT2D eigenvalue weighted by atomic mass is 10.2. The van der Waals surface area contributed by atoms with Crippen LogP contribution in [-0.2, 0) is 6.54 Å². The monoisotopic (exact) mass is 204 g/mol. The molecule has 0 unspecified atom stereocenters. The SMILES string of the molecule is CC(C)N(CC#N)Cc1ccc(O)cc1. The van der Waals surface area contributed by atoms with Gasteiger partial charge in [0.1, 0.15) is 5.75 Å². The highest BCUT2D eigenvalue weighted by Gasteiger charge is 2.08. The van der Waals surface area contributed by atoms with Gasteiger partial charge in [-0.2, -0.15) is 5.26 Å². The first-order valence-electron chi connectivity index (χ1n) is 5.02. The Labute approximate surface area is 90.6 Å². The number of phenols is 1. The van der Waals surface area contributed by atoms with Crippen molar-refractivity contribution in [2.75, 3.05) is 6.54 Å². The maximum Gasteiger partial charge on any atom is 0.115 e. The number of hydrogen-bond acceptors (Lipinski definition) is 3. The molecule has 1 aromatic carbocycles. The van der Waals surface area contributed by atoms with Gasteiger partial charge in [-0.15, -0.1) is 0 Å². The Hall–Kier alpha value is -1.53. The number of rotatable bonds is 4. The number of phenolic OH excluding ortho intramolecular Hbond substituents is 1. The molecule has 3 heteroatoms. The average molecular weight is 204 g/mol. The van der Waals surface area contributed by atoms with Gasteiger partial charge in [0, 0.05) is 12.6 Å². The summed E-state index contributed by atoms with van der Waals surface area (Å²) < 4.78 is 0. The van der Waals surface area contributed by atoms with Crippen molar-refractivity contribution >= 4 is 0 Å². The zero-order valence-corrected chi connectivity index (χ0v) is 9.14. The van der Waals surface area contributed by atoms with Crippen molar-refractivity contribution in [3.63, 3.8) is 0 Å². The summed E-state index contributed by atoms with van der Waals surface area (Å²) in [6.07, 6.45) is 0. The first-order valence-corrected chi connectivity index (χ1v) is 5.02. The second-order valence-corrected chi connectivity index (χ2v) is 3.82. The molecule has 0 aliphatic carbocycles. The second-order valence-electron chi connectivity index (χ2n) is 3.82. The first kappa shape index (κ1) is 11.5. The highest BCUT2D eigenvalue weighted by molar-refractivity contribution is 5.25. The molecular formula is C12H16N2O. The van der Waals surface area contributed by atoms with Crippen molar-refractivity contribution in [3.05, 3.63) is 29.8 Å². The lowest BCUT2D eigenvalue weighted by Gasteiger charge is -2.23. The number of benzene rings is 1. The molecule has 3 nitrogen and oxygen atoms in total. The molecule has 0 amide bonds. The predicted octanol–water partition coefficient (Wildman–Crippen LogP) is 2.13. The Balaban J connectivity index is 2.66. The van der Waals surface area contributed by atoms with Crippen molar-refractivity contribution in [1.82, 2.24) is 4.90 Å². The average Bonchev–Trinajstić information content (AvgIpc) is 2.20. The van der Waals surface area contributed by atoms with Crippen molar-refractivity contribution in [2.24, 2.45) is 0 Å². The zero-order valence-electron chi connectivity index (χ0n) is 9.14. The molecule has 1 aromatic rings. The molecular weight excluding hydrogens is 188 g/mol. The van der Waals surface area contributed by atoms with Crippen LogP contribution in [0.3, 0.4) is 0 Å². The summed E-state index contributed by atoms with van der Waals surface area (Å²) in [4.78, 5) is 2.08. The van der Waals surface area contributed by atoms with Gasteiger partial charge in [0.25, 0.3) is 0 Å². The standard InChI is InChI=1S/C12H16N2O/c1-10(2)14(8-7-13)9-11-3-5-12(15)6-4-11/h3-6,10,15H,8-9H2,1-2H3. The lowest BCUT2D eigenvalue weighted by molar-refractivity contribution is 0.240. The van der Waals surface area contributed by atoms with E-state index < -0.39 is 0 Å². The Kier molecular flexibility index (Phi) is 4.14. The molecule has 0 saturated heterocycles. The Morgan fingerprint density at radius 2 is 1.93 bits per heavy atom. The summed E-state index contributed by atoms with van der Waals surface area (Å²) in [5.41, 5.74) is 1.11. The normalized spacial score (nSPS) is 10.6. The van der Waals surface area contributed by atoms with Crippen LogP contribution in [0.1, 0.15) is 19.4 Å². The van der Waals surface area contributed by atoms with Crippen LogP contribution < -0.4 is 0 Å². The number of aromatic hydroxyl groups is 1. The summed E-state index contributed by atoms with van der Waals surface area (Å²) in [5, 5.41) is 17.8. The van der Waals surface area contributed by atoms with E-state index in [4.69, 9.17) is 10.4 Å². The molecule has 80 valence electrons. The molecule has 0 aliphatic rings. The van der Waals surface area contributed by atoms with E-state index in [-0.39, 0.29) is 5.75 Å². The minimum Gasteiger partial charge on any atom is -0.508 e. The first-order chi connectivity index (χ1) is 7.13. The maximum atomic E-state index is 9.14. The molecule has 0 bridgehead atoms. The molecule has 0 fully saturated rings. The molecule has 0 aromatic heterocycles. The van der Waals surface area contributed by atoms with Crippen LogP contribution in [-0.4, -0.2) is 22.6 Å². The molecule has 1 N–H and O–H groups in total. The quantitative estimate of drug-likeness (QED) is 0.764. The minimum atomic E-state index is 0.273. The van der Waals surface area contributed by atoms with Crippen LogP contribution >= 0.6 is 0 Å². The van der Waals surface area contributed by atoms with Crippen LogP contribution in [0.15, 0.2) is 24.3 Å². The van der Waals surface area contributed by atoms with Gasteiger partial charge >= 0.3 is 0 Å². The molecule has 0 saturated carbocycles. The van der Waals surface area contributed by atoms with Gasteiger partial charge in [-0.3, -0.25) is 4.90 Å². The molecule has 0 radical (unpaired) electrons. The lowest BCUT2D eigenvalue weighted by Crippen LogP contribution is -2.30. The molecule has 0 heterocycles. The highest BCUT2D eigenvalue weighted by Crippen LogP contribution is 2.12. The van der Waals surface area contributed by atoms with Gasteiger partial charge in [-0.05, 0) is 31.5 Å². The summed E-state index contributed by atoms with van der Waals surface area (Å²) in [7, 11) is 0. The Bertz CT molecular complexity index is 338. The van der Waals surface area contributed by atoms with Crippen LogP contribution in [0.25, 0.3) is 0 Å². The third kappa shape index (κ3) is 3.61. The largest absolute Gasteiger partial charge is 0.508 e. The third-order valence-electron chi connectivity index (χ3n) is 2.33. The highest BCUT2D eigenvalue weighted by atomic mass is 16.3. The maximum absolute atomic E-state index is 9.14. The van der Waals surface area contributed by atoms with E-state index in [1.54, 1.807) is 12.1 Å². The van der Waals surface area contributed by atoms with E-state index in [2.05, 4.69) is 24.8 Å². The van der Waals surface area contributed by atoms with Crippen LogP contribution in [0.4, 0.5) is 0 Å². The van der Waals surface area contributed by atoms with E-state index in [0.717, 1.165) is 12.1 Å². The smallest absolute Gasteiger partial charge is 0.115 e. The van der Waals surface area contributed by atoms with E-state index >= 15 is 0 Å². The van der Waals surface area contributed by atoms with Gasteiger partial charge in [-0.25, -0.2) is 0 Å². The molecule has 1 rings (SSSR count). The molecule has 0 aliphatic heterocycles. The Morgan fingerprint density at radius 1 is 1.33 bits per heavy atom. The predicted molar refractivity (Wildman–Crippen MR) is 59.3 cm³/mol. The third-order valence-corrected chi connectivity index (χ3v) is 2.33. The summed E-state index contributed by atoms with van der Waals surface area (Å²) in [5.74, 6) is 0.273. The van der Waals surface area contributed by atoms with E-state index in [1.807, 2.05) is 12.1 Å². The van der Waals surface area contributed by atoms with Crippen molar-refractivity contribution in [1.29, 1.82) is 5.26 Å². The van der Waals surface area contributed by atoms with Gasteiger partial charge in [0.15, 0.2) is 0 Å². The van der Waals surface area contributed by atoms with E-state index in [9.17, 15) is 0 Å². The summed E-state index contributed by atoms with van der Waals surface area (Å²) in [6.45, 7) is 5.31. The fourth-order valence-corrected chi connectivity index (χ4v) is 1.35. The Morgan fingerprint density at radius 3 is 2.40 bits per heavy atom. The summed E-state index contributed by atoms with van der Waals surface area (Å²) in [6, 6.07) is 9.59. The molecule has 0 atom stereocenters. The van der Waals surface area contributed by atoms with Crippen molar-refractivity contribution < 1.29 is 5.11 Å². The number of nitrogens with zero attached hydrogens (tertiary/aromatic N) is 2. The second kappa shape index (κ2) is 5.38. The van der Waals surface area contributed by atoms with E-state index in [1.165, 1.54) is 0 Å². The van der Waals surface area contributed by atoms with Crippen LogP contribution in [0, 0.1) is 11.3 Å². The van der Waals surface area contributed by atoms with Crippen molar-refractivity contribution in [3.8, 4) is 11.8 Å². The fourth-order valence-electron chi connectivity index (χ4n) is 1.35. The van der Waals surface area contributed by atoms with Gasteiger partial charge < -0.3 is 5.11 Å². The topological polar surface area (TPSA) is 47.3 Å². The van der Waals surface area contributed by atoms with Crippen LogP contribution in [0.5, 0.6) is 5.75 Å². The van der Waals surface area contributed by atoms with Gasteiger partial charge in [0.05, 0.1) is 12.6 Å². The molecule has 15 heavy (non-hydrogen) atoms.